The lowest BCUT2D eigenvalue weighted by atomic mass is 10.1. The molecular formula is C25H22F4N6O4S. The number of nitrogens with zero attached hydrogens (tertiary/aromatic N) is 2. The van der Waals surface area contributed by atoms with Crippen LogP contribution in [0.15, 0.2) is 60.8 Å². The van der Waals surface area contributed by atoms with E-state index in [9.17, 15) is 30.8 Å². The van der Waals surface area contributed by atoms with Gasteiger partial charge < -0.3 is 15.8 Å². The van der Waals surface area contributed by atoms with Gasteiger partial charge in [0.05, 0.1) is 22.8 Å². The molecule has 0 bridgehead atoms. The first-order valence-electron chi connectivity index (χ1n) is 11.6. The second kappa shape index (κ2) is 11.2. The number of carbonyl (C=O) groups is 1. The molecule has 0 spiro atoms. The van der Waals surface area contributed by atoms with E-state index < -0.39 is 39.3 Å². The molecule has 0 fully saturated rings. The number of aromatic nitrogens is 3. The van der Waals surface area contributed by atoms with E-state index in [1.807, 2.05) is 0 Å². The summed E-state index contributed by atoms with van der Waals surface area (Å²) in [5.74, 6) is -1.91. The molecule has 4 rings (SSSR count). The van der Waals surface area contributed by atoms with Gasteiger partial charge in [0.15, 0.2) is 11.5 Å². The number of aromatic amines is 1. The summed E-state index contributed by atoms with van der Waals surface area (Å²) < 4.78 is 86.2. The fourth-order valence-electron chi connectivity index (χ4n) is 3.60. The highest BCUT2D eigenvalue weighted by molar-refractivity contribution is 7.92. The maximum Gasteiger partial charge on any atom is 0.435 e. The van der Waals surface area contributed by atoms with Crippen molar-refractivity contribution in [1.82, 2.24) is 15.2 Å². The number of anilines is 3. The number of rotatable bonds is 10. The average molecular weight is 579 g/mol. The standard InChI is InChI=1S/C25H22F4N6O4S/c1-2-40(37,38)35-17-10-7-15(12-19(17)39-13-14-5-8-16(26)9-6-14)21-20(23(30)36)24(34-33-21)32-18-4-3-11-31-22(18)25(27,28)29/h3-12,35H,2,13H2,1H3,(H2,30,36)(H2,32,33,34). The maximum atomic E-state index is 13.4. The zero-order valence-electron chi connectivity index (χ0n) is 20.7. The molecule has 210 valence electrons. The number of carbonyl (C=O) groups excluding carboxylic acids is 1. The molecule has 0 saturated carbocycles. The largest absolute Gasteiger partial charge is 0.487 e. The van der Waals surface area contributed by atoms with Crippen molar-refractivity contribution in [1.29, 1.82) is 0 Å². The minimum absolute atomic E-state index is 0.0315. The normalized spacial score (nSPS) is 11.7. The van der Waals surface area contributed by atoms with Crippen LogP contribution in [0.1, 0.15) is 28.5 Å². The van der Waals surface area contributed by atoms with E-state index in [1.54, 1.807) is 0 Å². The van der Waals surface area contributed by atoms with Crippen molar-refractivity contribution in [2.75, 3.05) is 15.8 Å². The molecule has 40 heavy (non-hydrogen) atoms. The van der Waals surface area contributed by atoms with Crippen molar-refractivity contribution in [3.8, 4) is 17.0 Å². The molecule has 5 N–H and O–H groups in total. The average Bonchev–Trinajstić information content (AvgIpc) is 3.32. The number of benzene rings is 2. The lowest BCUT2D eigenvalue weighted by Crippen LogP contribution is -2.16. The molecule has 2 heterocycles. The number of alkyl halides is 3. The van der Waals surface area contributed by atoms with Crippen LogP contribution in [0.5, 0.6) is 5.75 Å². The molecule has 2 aromatic carbocycles. The summed E-state index contributed by atoms with van der Waals surface area (Å²) >= 11 is 0. The number of nitrogens with one attached hydrogen (secondary N) is 3. The summed E-state index contributed by atoms with van der Waals surface area (Å²) in [7, 11) is -3.71. The van der Waals surface area contributed by atoms with Crippen LogP contribution >= 0.6 is 0 Å². The first-order valence-corrected chi connectivity index (χ1v) is 13.2. The van der Waals surface area contributed by atoms with Gasteiger partial charge in [-0.2, -0.15) is 18.3 Å². The molecule has 1 amide bonds. The van der Waals surface area contributed by atoms with Crippen LogP contribution in [0.25, 0.3) is 11.3 Å². The topological polar surface area (TPSA) is 152 Å². The lowest BCUT2D eigenvalue weighted by Gasteiger charge is -2.15. The van der Waals surface area contributed by atoms with Crippen molar-refractivity contribution in [3.63, 3.8) is 0 Å². The van der Waals surface area contributed by atoms with Gasteiger partial charge in [-0.1, -0.05) is 18.2 Å². The fourth-order valence-corrected chi connectivity index (χ4v) is 4.25. The summed E-state index contributed by atoms with van der Waals surface area (Å²) in [6.07, 6.45) is -3.81. The second-order valence-corrected chi connectivity index (χ2v) is 10.4. The van der Waals surface area contributed by atoms with E-state index in [0.717, 1.165) is 12.3 Å². The van der Waals surface area contributed by atoms with Gasteiger partial charge in [-0.25, -0.2) is 17.8 Å². The Hall–Kier alpha value is -4.66. The molecule has 0 radical (unpaired) electrons. The minimum atomic E-state index is -4.78. The van der Waals surface area contributed by atoms with Crippen LogP contribution in [0, 0.1) is 5.82 Å². The van der Waals surface area contributed by atoms with Gasteiger partial charge in [-0.05, 0) is 48.9 Å². The van der Waals surface area contributed by atoms with E-state index in [2.05, 4.69) is 25.2 Å². The van der Waals surface area contributed by atoms with Gasteiger partial charge in [0.1, 0.15) is 23.7 Å². The summed E-state index contributed by atoms with van der Waals surface area (Å²) in [5.41, 5.74) is 4.57. The molecule has 0 atom stereocenters. The van der Waals surface area contributed by atoms with E-state index in [-0.39, 0.29) is 46.4 Å². The highest BCUT2D eigenvalue weighted by Crippen LogP contribution is 2.37. The second-order valence-electron chi connectivity index (χ2n) is 8.34. The number of amides is 1. The van der Waals surface area contributed by atoms with Crippen LogP contribution in [-0.4, -0.2) is 35.3 Å². The Morgan fingerprint density at radius 2 is 1.82 bits per heavy atom. The van der Waals surface area contributed by atoms with Gasteiger partial charge in [-0.3, -0.25) is 14.6 Å². The molecule has 0 unspecified atom stereocenters. The molecule has 15 heteroatoms. The number of nitrogens with two attached hydrogens (primary N) is 1. The molecule has 0 aliphatic rings. The van der Waals surface area contributed by atoms with Crippen molar-refractivity contribution < 1.29 is 35.5 Å². The Balaban J connectivity index is 1.74. The lowest BCUT2D eigenvalue weighted by molar-refractivity contribution is -0.140. The number of H-pyrrole nitrogens is 1. The summed E-state index contributed by atoms with van der Waals surface area (Å²) in [4.78, 5) is 15.8. The van der Waals surface area contributed by atoms with Crippen molar-refractivity contribution in [2.24, 2.45) is 5.73 Å². The zero-order valence-corrected chi connectivity index (χ0v) is 21.5. The van der Waals surface area contributed by atoms with Gasteiger partial charge in [0.2, 0.25) is 10.0 Å². The third-order valence-electron chi connectivity index (χ3n) is 5.57. The number of hydrogen-bond donors (Lipinski definition) is 4. The van der Waals surface area contributed by atoms with Gasteiger partial charge in [0, 0.05) is 11.8 Å². The summed E-state index contributed by atoms with van der Waals surface area (Å²) in [6, 6.07) is 12.0. The number of primary amides is 1. The SMILES string of the molecule is CCS(=O)(=O)Nc1ccc(-c2[nH]nc(Nc3cccnc3C(F)(F)F)c2C(N)=O)cc1OCc1ccc(F)cc1. The highest BCUT2D eigenvalue weighted by atomic mass is 32.2. The first kappa shape index (κ1) is 28.4. The third-order valence-corrected chi connectivity index (χ3v) is 6.86. The van der Waals surface area contributed by atoms with Crippen molar-refractivity contribution >= 4 is 33.1 Å². The van der Waals surface area contributed by atoms with Gasteiger partial charge in [0.25, 0.3) is 5.91 Å². The number of sulfonamides is 1. The summed E-state index contributed by atoms with van der Waals surface area (Å²) in [6.45, 7) is 1.38. The number of ether oxygens (including phenoxy) is 1. The van der Waals surface area contributed by atoms with E-state index >= 15 is 0 Å². The Bertz CT molecular complexity index is 1640. The molecular weight excluding hydrogens is 556 g/mol. The minimum Gasteiger partial charge on any atom is -0.487 e. The molecule has 0 aliphatic carbocycles. The monoisotopic (exact) mass is 578 g/mol. The number of halogens is 4. The smallest absolute Gasteiger partial charge is 0.435 e. The third kappa shape index (κ3) is 6.48. The molecule has 0 saturated heterocycles. The number of pyridine rings is 1. The van der Waals surface area contributed by atoms with Crippen LogP contribution in [0.4, 0.5) is 34.8 Å². The van der Waals surface area contributed by atoms with E-state index in [0.29, 0.717) is 5.56 Å². The fraction of sp³-hybridized carbons (Fsp3) is 0.160. The highest BCUT2D eigenvalue weighted by Gasteiger charge is 2.36. The summed E-state index contributed by atoms with van der Waals surface area (Å²) in [5, 5.41) is 8.98. The number of hydrogen-bond acceptors (Lipinski definition) is 7. The molecule has 10 nitrogen and oxygen atoms in total. The predicted octanol–water partition coefficient (Wildman–Crippen LogP) is 4.81. The van der Waals surface area contributed by atoms with Crippen molar-refractivity contribution in [3.05, 3.63) is 83.4 Å². The van der Waals surface area contributed by atoms with Gasteiger partial charge in [-0.15, -0.1) is 0 Å². The molecule has 4 aromatic rings. The van der Waals surface area contributed by atoms with Crippen LogP contribution < -0.4 is 20.5 Å². The Morgan fingerprint density at radius 1 is 1.10 bits per heavy atom. The Labute approximate surface area is 225 Å². The van der Waals surface area contributed by atoms with Crippen LogP contribution in [0.3, 0.4) is 0 Å². The Morgan fingerprint density at radius 3 is 2.48 bits per heavy atom. The first-order chi connectivity index (χ1) is 18.9. The molecule has 0 aliphatic heterocycles. The quantitative estimate of drug-likeness (QED) is 0.197. The van der Waals surface area contributed by atoms with E-state index in [4.69, 9.17) is 10.5 Å². The Kier molecular flexibility index (Phi) is 7.95. The molecule has 2 aromatic heterocycles. The maximum absolute atomic E-state index is 13.4. The van der Waals surface area contributed by atoms with Crippen LogP contribution in [0.2, 0.25) is 0 Å². The van der Waals surface area contributed by atoms with Crippen molar-refractivity contribution in [2.45, 2.75) is 19.7 Å². The van der Waals surface area contributed by atoms with E-state index in [1.165, 1.54) is 55.5 Å². The van der Waals surface area contributed by atoms with Crippen LogP contribution in [-0.2, 0) is 22.8 Å². The predicted molar refractivity (Wildman–Crippen MR) is 139 cm³/mol. The van der Waals surface area contributed by atoms with Gasteiger partial charge >= 0.3 is 6.18 Å². The zero-order chi connectivity index (χ0) is 29.1.